The highest BCUT2D eigenvalue weighted by Crippen LogP contribution is 2.41. The molecule has 1 saturated heterocycles. The Hall–Kier alpha value is -1.39. The maximum absolute atomic E-state index is 12.9. The molecule has 0 aromatic carbocycles. The standard InChI is InChI=1S/C12H11F6NO3/c13-11(14,15)5-1-2-9(12(16,17)18)19-10(5)7-3-6(21)8(4-20)22-7/h1-2,6-8,20-21H,3-4H2/t6-,7+,8+/m0/s1. The normalized spacial score (nSPS) is 26.5. The highest BCUT2D eigenvalue weighted by molar-refractivity contribution is 5.29. The topological polar surface area (TPSA) is 62.6 Å². The van der Waals surface area contributed by atoms with Crippen molar-refractivity contribution in [2.24, 2.45) is 0 Å². The molecule has 2 N–H and O–H groups in total. The third-order valence-corrected chi connectivity index (χ3v) is 3.23. The summed E-state index contributed by atoms with van der Waals surface area (Å²) < 4.78 is 81.6. The van der Waals surface area contributed by atoms with Gasteiger partial charge >= 0.3 is 12.4 Å². The Kier molecular flexibility index (Phi) is 4.37. The van der Waals surface area contributed by atoms with Gasteiger partial charge in [-0.2, -0.15) is 26.3 Å². The zero-order chi connectivity index (χ0) is 16.7. The van der Waals surface area contributed by atoms with Crippen LogP contribution < -0.4 is 0 Å². The third kappa shape index (κ3) is 3.33. The highest BCUT2D eigenvalue weighted by Gasteiger charge is 2.43. The molecule has 3 atom stereocenters. The molecule has 1 aliphatic rings. The van der Waals surface area contributed by atoms with Crippen molar-refractivity contribution in [1.82, 2.24) is 4.98 Å². The van der Waals surface area contributed by atoms with Crippen LogP contribution in [-0.2, 0) is 17.1 Å². The van der Waals surface area contributed by atoms with E-state index in [1.54, 1.807) is 0 Å². The Bertz CT molecular complexity index is 545. The summed E-state index contributed by atoms with van der Waals surface area (Å²) >= 11 is 0. The van der Waals surface area contributed by atoms with E-state index < -0.39 is 54.2 Å². The number of aliphatic hydroxyl groups is 2. The van der Waals surface area contributed by atoms with Gasteiger partial charge in [0, 0.05) is 6.42 Å². The molecule has 0 bridgehead atoms. The molecule has 124 valence electrons. The van der Waals surface area contributed by atoms with E-state index >= 15 is 0 Å². The molecule has 0 unspecified atom stereocenters. The molecular weight excluding hydrogens is 320 g/mol. The van der Waals surface area contributed by atoms with Gasteiger partial charge in [-0.05, 0) is 12.1 Å². The van der Waals surface area contributed by atoms with Crippen molar-refractivity contribution in [3.8, 4) is 0 Å². The van der Waals surface area contributed by atoms with Crippen molar-refractivity contribution < 1.29 is 41.3 Å². The summed E-state index contributed by atoms with van der Waals surface area (Å²) in [6, 6.07) is 0.522. The maximum atomic E-state index is 12.9. The molecule has 0 saturated carbocycles. The first kappa shape index (κ1) is 17.0. The van der Waals surface area contributed by atoms with Crippen LogP contribution in [0.2, 0.25) is 0 Å². The monoisotopic (exact) mass is 331 g/mol. The van der Waals surface area contributed by atoms with Gasteiger partial charge < -0.3 is 14.9 Å². The lowest BCUT2D eigenvalue weighted by atomic mass is 10.0. The number of hydrogen-bond acceptors (Lipinski definition) is 4. The molecular formula is C12H11F6NO3. The fourth-order valence-electron chi connectivity index (χ4n) is 2.19. The third-order valence-electron chi connectivity index (χ3n) is 3.23. The molecule has 10 heteroatoms. The number of nitrogens with zero attached hydrogens (tertiary/aromatic N) is 1. The molecule has 1 aromatic rings. The van der Waals surface area contributed by atoms with Crippen molar-refractivity contribution >= 4 is 0 Å². The summed E-state index contributed by atoms with van der Waals surface area (Å²) in [6.45, 7) is -0.669. The van der Waals surface area contributed by atoms with Crippen molar-refractivity contribution in [1.29, 1.82) is 0 Å². The van der Waals surface area contributed by atoms with Gasteiger partial charge in [0.05, 0.1) is 24.0 Å². The predicted molar refractivity (Wildman–Crippen MR) is 59.6 cm³/mol. The lowest BCUT2D eigenvalue weighted by molar-refractivity contribution is -0.146. The van der Waals surface area contributed by atoms with Crippen molar-refractivity contribution in [3.63, 3.8) is 0 Å². The van der Waals surface area contributed by atoms with Crippen LogP contribution in [0.15, 0.2) is 12.1 Å². The minimum absolute atomic E-state index is 0.237. The molecule has 0 aliphatic carbocycles. The van der Waals surface area contributed by atoms with Gasteiger partial charge in [-0.15, -0.1) is 0 Å². The fourth-order valence-corrected chi connectivity index (χ4v) is 2.19. The molecule has 1 aliphatic heterocycles. The van der Waals surface area contributed by atoms with Crippen molar-refractivity contribution in [2.45, 2.75) is 37.1 Å². The summed E-state index contributed by atoms with van der Waals surface area (Å²) in [5.74, 6) is 0. The van der Waals surface area contributed by atoms with E-state index in [4.69, 9.17) is 9.84 Å². The Morgan fingerprint density at radius 3 is 2.23 bits per heavy atom. The molecule has 0 spiro atoms. The number of pyridine rings is 1. The average molecular weight is 331 g/mol. The van der Waals surface area contributed by atoms with Crippen LogP contribution in [0.4, 0.5) is 26.3 Å². The van der Waals surface area contributed by atoms with Gasteiger partial charge in [0.15, 0.2) is 0 Å². The molecule has 1 fully saturated rings. The van der Waals surface area contributed by atoms with Crippen molar-refractivity contribution in [3.05, 3.63) is 29.1 Å². The first-order valence-corrected chi connectivity index (χ1v) is 6.13. The van der Waals surface area contributed by atoms with Crippen molar-refractivity contribution in [2.75, 3.05) is 6.61 Å². The van der Waals surface area contributed by atoms with E-state index in [0.717, 1.165) is 0 Å². The van der Waals surface area contributed by atoms with E-state index in [1.807, 2.05) is 0 Å². The Balaban J connectivity index is 2.47. The molecule has 2 rings (SSSR count). The van der Waals surface area contributed by atoms with E-state index in [0.29, 0.717) is 0 Å². The predicted octanol–water partition coefficient (Wildman–Crippen LogP) is 2.30. The summed E-state index contributed by atoms with van der Waals surface area (Å²) in [4.78, 5) is 3.03. The van der Waals surface area contributed by atoms with Gasteiger partial charge in [-0.25, -0.2) is 4.98 Å². The number of halogens is 6. The minimum atomic E-state index is -4.92. The van der Waals surface area contributed by atoms with Gasteiger partial charge in [-0.3, -0.25) is 0 Å². The lowest BCUT2D eigenvalue weighted by Gasteiger charge is -2.18. The van der Waals surface area contributed by atoms with E-state index in [9.17, 15) is 31.4 Å². The second-order valence-electron chi connectivity index (χ2n) is 4.77. The lowest BCUT2D eigenvalue weighted by Crippen LogP contribution is -2.24. The maximum Gasteiger partial charge on any atom is 0.433 e. The first-order chi connectivity index (χ1) is 10.0. The average Bonchev–Trinajstić information content (AvgIpc) is 2.77. The molecule has 4 nitrogen and oxygen atoms in total. The Morgan fingerprint density at radius 1 is 1.14 bits per heavy atom. The molecule has 0 radical (unpaired) electrons. The zero-order valence-corrected chi connectivity index (χ0v) is 10.8. The van der Waals surface area contributed by atoms with Gasteiger partial charge in [0.25, 0.3) is 0 Å². The van der Waals surface area contributed by atoms with E-state index in [1.165, 1.54) is 0 Å². The second-order valence-corrected chi connectivity index (χ2v) is 4.77. The van der Waals surface area contributed by atoms with Crippen LogP contribution >= 0.6 is 0 Å². The fraction of sp³-hybridized carbons (Fsp3) is 0.583. The number of ether oxygens (including phenoxy) is 1. The van der Waals surface area contributed by atoms with Gasteiger partial charge in [0.2, 0.25) is 0 Å². The molecule has 2 heterocycles. The highest BCUT2D eigenvalue weighted by atomic mass is 19.4. The molecule has 1 aromatic heterocycles. The SMILES string of the molecule is OC[C@H]1O[C@@H](c2nc(C(F)(F)F)ccc2C(F)(F)F)C[C@@H]1O. The quantitative estimate of drug-likeness (QED) is 0.817. The second kappa shape index (κ2) is 5.67. The Labute approximate surface area is 120 Å². The smallest absolute Gasteiger partial charge is 0.394 e. The number of aromatic nitrogens is 1. The number of rotatable bonds is 2. The summed E-state index contributed by atoms with van der Waals surface area (Å²) in [5.41, 5.74) is -3.80. The number of alkyl halides is 6. The van der Waals surface area contributed by atoms with Crippen LogP contribution in [-0.4, -0.2) is 34.0 Å². The largest absolute Gasteiger partial charge is 0.433 e. The summed E-state index contributed by atoms with van der Waals surface area (Å²) in [7, 11) is 0. The summed E-state index contributed by atoms with van der Waals surface area (Å²) in [6.07, 6.45) is -14.1. The number of hydrogen-bond donors (Lipinski definition) is 2. The molecule has 22 heavy (non-hydrogen) atoms. The van der Waals surface area contributed by atoms with Crippen LogP contribution in [0.25, 0.3) is 0 Å². The number of aliphatic hydroxyl groups excluding tert-OH is 2. The van der Waals surface area contributed by atoms with Crippen LogP contribution in [0.5, 0.6) is 0 Å². The zero-order valence-electron chi connectivity index (χ0n) is 10.8. The first-order valence-electron chi connectivity index (χ1n) is 6.13. The molecule has 0 amide bonds. The van der Waals surface area contributed by atoms with E-state index in [-0.39, 0.29) is 18.6 Å². The van der Waals surface area contributed by atoms with Gasteiger partial charge in [-0.1, -0.05) is 0 Å². The van der Waals surface area contributed by atoms with Gasteiger partial charge in [0.1, 0.15) is 17.9 Å². The Morgan fingerprint density at radius 2 is 1.77 bits per heavy atom. The van der Waals surface area contributed by atoms with E-state index in [2.05, 4.69) is 4.98 Å². The minimum Gasteiger partial charge on any atom is -0.394 e. The van der Waals surface area contributed by atoms with Crippen LogP contribution in [0.1, 0.15) is 29.5 Å². The van der Waals surface area contributed by atoms with Crippen LogP contribution in [0.3, 0.4) is 0 Å². The van der Waals surface area contributed by atoms with Crippen LogP contribution in [0, 0.1) is 0 Å². The summed E-state index contributed by atoms with van der Waals surface area (Å²) in [5, 5.41) is 18.4.